The molecule has 0 atom stereocenters. The Balaban J connectivity index is 2.30. The second kappa shape index (κ2) is 4.79. The highest BCUT2D eigenvalue weighted by Gasteiger charge is 2.16. The van der Waals surface area contributed by atoms with E-state index in [9.17, 15) is 8.42 Å². The highest BCUT2D eigenvalue weighted by atomic mass is 35.5. The summed E-state index contributed by atoms with van der Waals surface area (Å²) < 4.78 is 27.1. The van der Waals surface area contributed by atoms with Crippen molar-refractivity contribution in [3.05, 3.63) is 40.2 Å². The molecule has 0 spiro atoms. The number of nitrogens with one attached hydrogen (secondary N) is 1. The van der Waals surface area contributed by atoms with Gasteiger partial charge in [0.25, 0.3) is 10.0 Å². The van der Waals surface area contributed by atoms with Gasteiger partial charge in [-0.1, -0.05) is 17.7 Å². The largest absolute Gasteiger partial charge is 0.398 e. The van der Waals surface area contributed by atoms with Crippen LogP contribution < -0.4 is 10.5 Å². The van der Waals surface area contributed by atoms with Crippen LogP contribution in [0.4, 0.5) is 11.4 Å². The van der Waals surface area contributed by atoms with Crippen LogP contribution in [-0.4, -0.2) is 8.42 Å². The number of sulfonamides is 1. The fourth-order valence-electron chi connectivity index (χ4n) is 1.35. The van der Waals surface area contributed by atoms with Crippen molar-refractivity contribution >= 4 is 44.3 Å². The molecule has 1 heterocycles. The van der Waals surface area contributed by atoms with Crippen LogP contribution in [0.25, 0.3) is 0 Å². The van der Waals surface area contributed by atoms with Crippen molar-refractivity contribution in [1.82, 2.24) is 0 Å². The first-order valence-electron chi connectivity index (χ1n) is 5.03. The average Bonchev–Trinajstić information content (AvgIpc) is 2.71. The SMILES string of the molecule is Cc1ccc(NS(=O)(=O)c2ccc(Cl)s2)cc1N. The van der Waals surface area contributed by atoms with Crippen molar-refractivity contribution in [1.29, 1.82) is 0 Å². The zero-order valence-electron chi connectivity index (χ0n) is 9.48. The molecule has 7 heteroatoms. The number of aryl methyl sites for hydroxylation is 1. The minimum Gasteiger partial charge on any atom is -0.398 e. The van der Waals surface area contributed by atoms with Crippen LogP contribution in [0.3, 0.4) is 0 Å². The Morgan fingerprint density at radius 2 is 2.00 bits per heavy atom. The van der Waals surface area contributed by atoms with E-state index in [4.69, 9.17) is 17.3 Å². The van der Waals surface area contributed by atoms with Gasteiger partial charge in [-0.3, -0.25) is 4.72 Å². The first-order valence-corrected chi connectivity index (χ1v) is 7.70. The van der Waals surface area contributed by atoms with E-state index in [1.54, 1.807) is 24.3 Å². The summed E-state index contributed by atoms with van der Waals surface area (Å²) in [6.07, 6.45) is 0. The minimum absolute atomic E-state index is 0.173. The summed E-state index contributed by atoms with van der Waals surface area (Å²) in [6.45, 7) is 1.85. The van der Waals surface area contributed by atoms with E-state index >= 15 is 0 Å². The summed E-state index contributed by atoms with van der Waals surface area (Å²) in [5, 5.41) is 0. The normalized spacial score (nSPS) is 11.4. The number of rotatable bonds is 3. The summed E-state index contributed by atoms with van der Waals surface area (Å²) in [5.41, 5.74) is 7.60. The second-order valence-corrected chi connectivity index (χ2v) is 7.36. The molecule has 0 unspecified atom stereocenters. The Hall–Kier alpha value is -1.24. The second-order valence-electron chi connectivity index (χ2n) is 3.74. The Morgan fingerprint density at radius 1 is 1.28 bits per heavy atom. The standard InChI is InChI=1S/C11H11ClN2O2S2/c1-7-2-3-8(6-9(7)13)14-18(15,16)11-5-4-10(12)17-11/h2-6,14H,13H2,1H3. The molecule has 0 saturated heterocycles. The van der Waals surface area contributed by atoms with Crippen molar-refractivity contribution in [2.24, 2.45) is 0 Å². The molecule has 1 aromatic carbocycles. The molecule has 2 rings (SSSR count). The maximum absolute atomic E-state index is 12.0. The van der Waals surface area contributed by atoms with Gasteiger partial charge in [0.15, 0.2) is 0 Å². The van der Waals surface area contributed by atoms with Crippen LogP contribution in [-0.2, 0) is 10.0 Å². The van der Waals surface area contributed by atoms with E-state index in [1.165, 1.54) is 6.07 Å². The molecule has 1 aromatic heterocycles. The van der Waals surface area contributed by atoms with Gasteiger partial charge in [-0.25, -0.2) is 8.42 Å². The lowest BCUT2D eigenvalue weighted by Gasteiger charge is -2.08. The summed E-state index contributed by atoms with van der Waals surface area (Å²) >= 11 is 6.73. The van der Waals surface area contributed by atoms with Crippen molar-refractivity contribution in [2.75, 3.05) is 10.5 Å². The van der Waals surface area contributed by atoms with Crippen LogP contribution in [0, 0.1) is 6.92 Å². The van der Waals surface area contributed by atoms with E-state index in [0.29, 0.717) is 15.7 Å². The number of hydrogen-bond donors (Lipinski definition) is 2. The van der Waals surface area contributed by atoms with Crippen LogP contribution in [0.5, 0.6) is 0 Å². The van der Waals surface area contributed by atoms with E-state index in [0.717, 1.165) is 16.9 Å². The zero-order chi connectivity index (χ0) is 13.3. The molecule has 0 amide bonds. The number of benzene rings is 1. The van der Waals surface area contributed by atoms with E-state index in [2.05, 4.69) is 4.72 Å². The number of halogens is 1. The van der Waals surface area contributed by atoms with E-state index in [1.807, 2.05) is 6.92 Å². The average molecular weight is 303 g/mol. The number of nitrogen functional groups attached to an aromatic ring is 1. The van der Waals surface area contributed by atoms with Crippen molar-refractivity contribution in [3.8, 4) is 0 Å². The van der Waals surface area contributed by atoms with Gasteiger partial charge in [0, 0.05) is 5.69 Å². The number of hydrogen-bond acceptors (Lipinski definition) is 4. The molecule has 2 aromatic rings. The van der Waals surface area contributed by atoms with Crippen LogP contribution in [0.1, 0.15) is 5.56 Å². The molecule has 0 fully saturated rings. The van der Waals surface area contributed by atoms with Gasteiger partial charge in [-0.05, 0) is 36.8 Å². The van der Waals surface area contributed by atoms with Gasteiger partial charge in [0.05, 0.1) is 10.0 Å². The highest BCUT2D eigenvalue weighted by Crippen LogP contribution is 2.27. The van der Waals surface area contributed by atoms with Gasteiger partial charge in [-0.2, -0.15) is 0 Å². The fourth-order valence-corrected chi connectivity index (χ4v) is 3.88. The number of thiophene rings is 1. The molecule has 0 saturated carbocycles. The lowest BCUT2D eigenvalue weighted by molar-refractivity contribution is 0.603. The summed E-state index contributed by atoms with van der Waals surface area (Å²) in [6, 6.07) is 8.02. The molecule has 0 aliphatic rings. The smallest absolute Gasteiger partial charge is 0.271 e. The topological polar surface area (TPSA) is 72.2 Å². The molecular formula is C11H11ClN2O2S2. The molecule has 0 aliphatic carbocycles. The van der Waals surface area contributed by atoms with E-state index in [-0.39, 0.29) is 4.21 Å². The quantitative estimate of drug-likeness (QED) is 0.856. The lowest BCUT2D eigenvalue weighted by Crippen LogP contribution is -2.11. The molecule has 0 aliphatic heterocycles. The highest BCUT2D eigenvalue weighted by molar-refractivity contribution is 7.94. The first kappa shape index (κ1) is 13.2. The molecule has 4 nitrogen and oxygen atoms in total. The van der Waals surface area contributed by atoms with Crippen molar-refractivity contribution in [2.45, 2.75) is 11.1 Å². The summed E-state index contributed by atoms with van der Waals surface area (Å²) in [5.74, 6) is 0. The Morgan fingerprint density at radius 3 is 2.56 bits per heavy atom. The van der Waals surface area contributed by atoms with Crippen LogP contribution in [0.2, 0.25) is 4.34 Å². The Kier molecular flexibility index (Phi) is 3.52. The Bertz CT molecular complexity index is 680. The monoisotopic (exact) mass is 302 g/mol. The van der Waals surface area contributed by atoms with Crippen LogP contribution in [0.15, 0.2) is 34.5 Å². The summed E-state index contributed by atoms with van der Waals surface area (Å²) in [4.78, 5) is 0. The molecule has 18 heavy (non-hydrogen) atoms. The van der Waals surface area contributed by atoms with Crippen molar-refractivity contribution < 1.29 is 8.42 Å². The van der Waals surface area contributed by atoms with Gasteiger partial charge < -0.3 is 5.73 Å². The van der Waals surface area contributed by atoms with Crippen LogP contribution >= 0.6 is 22.9 Å². The van der Waals surface area contributed by atoms with Gasteiger partial charge in [0.2, 0.25) is 0 Å². The Labute approximate surface area is 114 Å². The maximum Gasteiger partial charge on any atom is 0.271 e. The van der Waals surface area contributed by atoms with Gasteiger partial charge in [0.1, 0.15) is 4.21 Å². The molecule has 0 bridgehead atoms. The third-order valence-electron chi connectivity index (χ3n) is 2.34. The maximum atomic E-state index is 12.0. The molecule has 3 N–H and O–H groups in total. The number of nitrogens with two attached hydrogens (primary N) is 1. The lowest BCUT2D eigenvalue weighted by atomic mass is 10.2. The zero-order valence-corrected chi connectivity index (χ0v) is 11.9. The molecule has 96 valence electrons. The third-order valence-corrected chi connectivity index (χ3v) is 5.45. The predicted molar refractivity (Wildman–Crippen MR) is 75.7 cm³/mol. The molecule has 0 radical (unpaired) electrons. The summed E-state index contributed by atoms with van der Waals surface area (Å²) in [7, 11) is -3.59. The number of anilines is 2. The molecular weight excluding hydrogens is 292 g/mol. The van der Waals surface area contributed by atoms with Gasteiger partial charge >= 0.3 is 0 Å². The third kappa shape index (κ3) is 2.77. The fraction of sp³-hybridized carbons (Fsp3) is 0.0909. The predicted octanol–water partition coefficient (Wildman–Crippen LogP) is 3.09. The van der Waals surface area contributed by atoms with E-state index < -0.39 is 10.0 Å². The van der Waals surface area contributed by atoms with Crippen molar-refractivity contribution in [3.63, 3.8) is 0 Å². The minimum atomic E-state index is -3.59. The first-order chi connectivity index (χ1) is 8.38. The van der Waals surface area contributed by atoms with Gasteiger partial charge in [-0.15, -0.1) is 11.3 Å².